The van der Waals surface area contributed by atoms with Crippen LogP contribution in [0.15, 0.2) is 45.0 Å². The standard InChI is InChI=1S/C17H19N3O2S2/c1-20(2)14(12-5-7-23-10-12)9-18-16(21)8-13-11-24-17(19-13)15-4-3-6-22-15/h3-7,10-11,14H,8-9H2,1-2H3,(H,18,21). The van der Waals surface area contributed by atoms with Crippen LogP contribution < -0.4 is 5.32 Å². The molecule has 5 nitrogen and oxygen atoms in total. The number of amides is 1. The van der Waals surface area contributed by atoms with Crippen LogP contribution in [0.4, 0.5) is 0 Å². The van der Waals surface area contributed by atoms with Gasteiger partial charge in [-0.3, -0.25) is 4.79 Å². The van der Waals surface area contributed by atoms with Gasteiger partial charge in [0, 0.05) is 11.9 Å². The predicted molar refractivity (Wildman–Crippen MR) is 97.3 cm³/mol. The van der Waals surface area contributed by atoms with E-state index in [-0.39, 0.29) is 18.4 Å². The molecule has 3 aromatic rings. The summed E-state index contributed by atoms with van der Waals surface area (Å²) in [6, 6.07) is 5.96. The molecule has 0 saturated carbocycles. The van der Waals surface area contributed by atoms with Gasteiger partial charge >= 0.3 is 0 Å². The number of hydrogen-bond donors (Lipinski definition) is 1. The van der Waals surface area contributed by atoms with Gasteiger partial charge in [-0.05, 0) is 48.6 Å². The monoisotopic (exact) mass is 361 g/mol. The molecule has 0 radical (unpaired) electrons. The minimum atomic E-state index is -0.0200. The lowest BCUT2D eigenvalue weighted by molar-refractivity contribution is -0.120. The summed E-state index contributed by atoms with van der Waals surface area (Å²) in [5.41, 5.74) is 1.99. The second-order valence-corrected chi connectivity index (χ2v) is 7.28. The normalized spacial score (nSPS) is 12.5. The van der Waals surface area contributed by atoms with Crippen LogP contribution in [0.5, 0.6) is 0 Å². The molecule has 0 aliphatic carbocycles. The van der Waals surface area contributed by atoms with Crippen molar-refractivity contribution in [2.24, 2.45) is 0 Å². The molecule has 1 amide bonds. The second kappa shape index (κ2) is 7.74. The Balaban J connectivity index is 1.56. The highest BCUT2D eigenvalue weighted by Crippen LogP contribution is 2.24. The van der Waals surface area contributed by atoms with E-state index in [0.29, 0.717) is 6.54 Å². The molecule has 0 aliphatic rings. The molecule has 24 heavy (non-hydrogen) atoms. The van der Waals surface area contributed by atoms with Crippen molar-refractivity contribution in [2.75, 3.05) is 20.6 Å². The second-order valence-electron chi connectivity index (χ2n) is 5.64. The summed E-state index contributed by atoms with van der Waals surface area (Å²) in [4.78, 5) is 18.8. The number of nitrogens with one attached hydrogen (secondary N) is 1. The maximum Gasteiger partial charge on any atom is 0.226 e. The van der Waals surface area contributed by atoms with Gasteiger partial charge in [-0.1, -0.05) is 0 Å². The van der Waals surface area contributed by atoms with E-state index in [0.717, 1.165) is 16.5 Å². The molecule has 0 saturated heterocycles. The van der Waals surface area contributed by atoms with Crippen molar-refractivity contribution in [1.29, 1.82) is 0 Å². The summed E-state index contributed by atoms with van der Waals surface area (Å²) in [6.45, 7) is 0.581. The molecule has 1 unspecified atom stereocenters. The Hall–Kier alpha value is -1.96. The lowest BCUT2D eigenvalue weighted by atomic mass is 10.1. The average molecular weight is 361 g/mol. The van der Waals surface area contributed by atoms with Gasteiger partial charge in [0.05, 0.1) is 24.4 Å². The number of aromatic nitrogens is 1. The van der Waals surface area contributed by atoms with Crippen LogP contribution in [0, 0.1) is 0 Å². The first kappa shape index (κ1) is 16.9. The zero-order valence-corrected chi connectivity index (χ0v) is 15.2. The number of thiazole rings is 1. The molecule has 3 aromatic heterocycles. The Morgan fingerprint density at radius 3 is 2.92 bits per heavy atom. The molecule has 1 atom stereocenters. The SMILES string of the molecule is CN(C)C(CNC(=O)Cc1csc(-c2ccco2)n1)c1ccsc1. The molecule has 0 fully saturated rings. The molecule has 1 N–H and O–H groups in total. The van der Waals surface area contributed by atoms with E-state index in [1.54, 1.807) is 17.6 Å². The van der Waals surface area contributed by atoms with Crippen LogP contribution >= 0.6 is 22.7 Å². The summed E-state index contributed by atoms with van der Waals surface area (Å²) >= 11 is 3.15. The summed E-state index contributed by atoms with van der Waals surface area (Å²) in [5, 5.41) is 9.88. The fraction of sp³-hybridized carbons (Fsp3) is 0.294. The van der Waals surface area contributed by atoms with E-state index in [1.807, 2.05) is 31.6 Å². The van der Waals surface area contributed by atoms with Crippen molar-refractivity contribution in [1.82, 2.24) is 15.2 Å². The third-order valence-electron chi connectivity index (χ3n) is 3.67. The first-order chi connectivity index (χ1) is 11.6. The summed E-state index contributed by atoms with van der Waals surface area (Å²) in [6.07, 6.45) is 1.90. The van der Waals surface area contributed by atoms with Crippen LogP contribution in [-0.2, 0) is 11.2 Å². The van der Waals surface area contributed by atoms with Crippen molar-refractivity contribution >= 4 is 28.6 Å². The number of carbonyl (C=O) groups excluding carboxylic acids is 1. The van der Waals surface area contributed by atoms with Crippen molar-refractivity contribution in [2.45, 2.75) is 12.5 Å². The molecule has 3 rings (SSSR count). The third kappa shape index (κ3) is 4.11. The van der Waals surface area contributed by atoms with Crippen LogP contribution in [-0.4, -0.2) is 36.4 Å². The quantitative estimate of drug-likeness (QED) is 0.700. The van der Waals surface area contributed by atoms with E-state index in [1.165, 1.54) is 16.9 Å². The first-order valence-corrected chi connectivity index (χ1v) is 9.39. The van der Waals surface area contributed by atoms with E-state index in [9.17, 15) is 4.79 Å². The van der Waals surface area contributed by atoms with Gasteiger partial charge in [0.25, 0.3) is 0 Å². The smallest absolute Gasteiger partial charge is 0.226 e. The number of likely N-dealkylation sites (N-methyl/N-ethyl adjacent to an activating group) is 1. The Kier molecular flexibility index (Phi) is 5.44. The number of furan rings is 1. The Labute approximate surface area is 149 Å². The van der Waals surface area contributed by atoms with Gasteiger partial charge in [-0.25, -0.2) is 4.98 Å². The highest BCUT2D eigenvalue weighted by Gasteiger charge is 2.16. The van der Waals surface area contributed by atoms with Crippen molar-refractivity contribution < 1.29 is 9.21 Å². The average Bonchev–Trinajstić information content (AvgIpc) is 3.29. The molecule has 7 heteroatoms. The Bertz CT molecular complexity index is 764. The van der Waals surface area contributed by atoms with E-state index in [2.05, 4.69) is 32.0 Å². The van der Waals surface area contributed by atoms with E-state index < -0.39 is 0 Å². The molecule has 0 aromatic carbocycles. The maximum absolute atomic E-state index is 12.2. The van der Waals surface area contributed by atoms with Gasteiger partial charge in [0.1, 0.15) is 0 Å². The fourth-order valence-electron chi connectivity index (χ4n) is 2.40. The summed E-state index contributed by atoms with van der Waals surface area (Å²) in [5.74, 6) is 0.713. The highest BCUT2D eigenvalue weighted by atomic mass is 32.1. The van der Waals surface area contributed by atoms with Crippen LogP contribution in [0.2, 0.25) is 0 Å². The molecule has 0 bridgehead atoms. The largest absolute Gasteiger partial charge is 0.462 e. The zero-order chi connectivity index (χ0) is 16.9. The minimum absolute atomic E-state index is 0.0200. The van der Waals surface area contributed by atoms with Gasteiger partial charge in [0.2, 0.25) is 5.91 Å². The highest BCUT2D eigenvalue weighted by molar-refractivity contribution is 7.13. The van der Waals surface area contributed by atoms with Gasteiger partial charge in [-0.15, -0.1) is 11.3 Å². The number of nitrogens with zero attached hydrogens (tertiary/aromatic N) is 2. The minimum Gasteiger partial charge on any atom is -0.462 e. The van der Waals surface area contributed by atoms with Gasteiger partial charge in [-0.2, -0.15) is 11.3 Å². The summed E-state index contributed by atoms with van der Waals surface area (Å²) < 4.78 is 5.33. The lowest BCUT2D eigenvalue weighted by Crippen LogP contribution is -2.35. The van der Waals surface area contributed by atoms with Gasteiger partial charge < -0.3 is 14.6 Å². The fourth-order valence-corrected chi connectivity index (χ4v) is 3.90. The number of rotatable bonds is 7. The van der Waals surface area contributed by atoms with Crippen molar-refractivity contribution in [3.63, 3.8) is 0 Å². The van der Waals surface area contributed by atoms with Crippen LogP contribution in [0.25, 0.3) is 10.8 Å². The number of carbonyl (C=O) groups is 1. The number of hydrogen-bond acceptors (Lipinski definition) is 6. The van der Waals surface area contributed by atoms with Gasteiger partial charge in [0.15, 0.2) is 10.8 Å². The van der Waals surface area contributed by atoms with Crippen molar-refractivity contribution in [3.8, 4) is 10.8 Å². The molecule has 3 heterocycles. The zero-order valence-electron chi connectivity index (χ0n) is 13.6. The van der Waals surface area contributed by atoms with E-state index in [4.69, 9.17) is 4.42 Å². The molecular formula is C17H19N3O2S2. The topological polar surface area (TPSA) is 58.4 Å². The molecule has 126 valence electrons. The lowest BCUT2D eigenvalue weighted by Gasteiger charge is -2.23. The Morgan fingerprint density at radius 1 is 1.38 bits per heavy atom. The van der Waals surface area contributed by atoms with Crippen LogP contribution in [0.3, 0.4) is 0 Å². The summed E-state index contributed by atoms with van der Waals surface area (Å²) in [7, 11) is 4.04. The molecule has 0 spiro atoms. The number of thiophene rings is 1. The van der Waals surface area contributed by atoms with Crippen LogP contribution in [0.1, 0.15) is 17.3 Å². The Morgan fingerprint density at radius 2 is 2.25 bits per heavy atom. The first-order valence-electron chi connectivity index (χ1n) is 7.57. The van der Waals surface area contributed by atoms with E-state index >= 15 is 0 Å². The predicted octanol–water partition coefficient (Wildman–Crippen LogP) is 3.43. The third-order valence-corrected chi connectivity index (χ3v) is 5.28. The van der Waals surface area contributed by atoms with Crippen molar-refractivity contribution in [3.05, 3.63) is 51.9 Å². The molecular weight excluding hydrogens is 342 g/mol. The maximum atomic E-state index is 12.2. The molecule has 0 aliphatic heterocycles.